The first-order valence-corrected chi connectivity index (χ1v) is 13.7. The Morgan fingerprint density at radius 3 is 2.79 bits per heavy atom. The lowest BCUT2D eigenvalue weighted by Crippen LogP contribution is -2.52. The van der Waals surface area contributed by atoms with Gasteiger partial charge in [-0.15, -0.1) is 0 Å². The molecule has 0 bridgehead atoms. The third kappa shape index (κ3) is 4.58. The van der Waals surface area contributed by atoms with Crippen LogP contribution in [0.25, 0.3) is 10.9 Å². The standard InChI is InChI=1S/C30H34N4O4/c1-2-32-15-13-20-6-5-7-21(28(20)32)17-33-14-4-3-8-23(33)19-38-24-9-10-25-22(16-24)18-34(30(25)37)26-11-12-27(35)31-29(26)36/h5-7,9-10,13,15-16,23,26H,2-4,8,11-12,14,17-19H2,1H3,(H,31,35,36). The summed E-state index contributed by atoms with van der Waals surface area (Å²) < 4.78 is 8.63. The van der Waals surface area contributed by atoms with Crippen LogP contribution in [0.15, 0.2) is 48.7 Å². The molecule has 2 aromatic carbocycles. The number of fused-ring (bicyclic) bond motifs is 2. The number of piperidine rings is 2. The largest absolute Gasteiger partial charge is 0.492 e. The Kier molecular flexibility index (Phi) is 6.66. The van der Waals surface area contributed by atoms with Gasteiger partial charge in [0.2, 0.25) is 11.8 Å². The molecule has 2 atom stereocenters. The van der Waals surface area contributed by atoms with Crippen molar-refractivity contribution >= 4 is 28.6 Å². The number of likely N-dealkylation sites (tertiary alicyclic amines) is 1. The van der Waals surface area contributed by atoms with Gasteiger partial charge in [0.15, 0.2) is 0 Å². The molecular formula is C30H34N4O4. The summed E-state index contributed by atoms with van der Waals surface area (Å²) in [6.45, 7) is 6.03. The number of hydrogen-bond donors (Lipinski definition) is 1. The molecule has 0 saturated carbocycles. The zero-order valence-corrected chi connectivity index (χ0v) is 21.8. The molecule has 0 aliphatic carbocycles. The summed E-state index contributed by atoms with van der Waals surface area (Å²) >= 11 is 0. The highest BCUT2D eigenvalue weighted by Crippen LogP contribution is 2.31. The number of aryl methyl sites for hydroxylation is 1. The molecule has 1 N–H and O–H groups in total. The molecule has 2 fully saturated rings. The van der Waals surface area contributed by atoms with E-state index >= 15 is 0 Å². The van der Waals surface area contributed by atoms with Gasteiger partial charge in [-0.2, -0.15) is 0 Å². The summed E-state index contributed by atoms with van der Waals surface area (Å²) in [5.74, 6) is -0.0864. The smallest absolute Gasteiger partial charge is 0.255 e. The highest BCUT2D eigenvalue weighted by atomic mass is 16.5. The molecule has 6 rings (SSSR count). The SMILES string of the molecule is CCn1ccc2cccc(CN3CCCCC3COc3ccc4c(c3)CN(C3CCC(=O)NC3=O)C4=O)c21. The van der Waals surface area contributed by atoms with Crippen LogP contribution in [-0.2, 0) is 29.2 Å². The second-order valence-electron chi connectivity index (χ2n) is 10.6. The van der Waals surface area contributed by atoms with Gasteiger partial charge in [-0.05, 0) is 73.5 Å². The Balaban J connectivity index is 1.13. The Morgan fingerprint density at radius 1 is 1.05 bits per heavy atom. The van der Waals surface area contributed by atoms with Crippen LogP contribution in [0.2, 0.25) is 0 Å². The van der Waals surface area contributed by atoms with E-state index in [9.17, 15) is 14.4 Å². The maximum Gasteiger partial charge on any atom is 0.255 e. The molecule has 2 unspecified atom stereocenters. The summed E-state index contributed by atoms with van der Waals surface area (Å²) in [4.78, 5) is 41.0. The number of aromatic nitrogens is 1. The molecule has 0 radical (unpaired) electrons. The normalized spacial score (nSPS) is 22.1. The van der Waals surface area contributed by atoms with E-state index in [0.29, 0.717) is 31.2 Å². The van der Waals surface area contributed by atoms with E-state index in [1.165, 1.54) is 29.3 Å². The van der Waals surface area contributed by atoms with Crippen molar-refractivity contribution in [1.82, 2.24) is 19.7 Å². The van der Waals surface area contributed by atoms with Gasteiger partial charge < -0.3 is 14.2 Å². The zero-order valence-electron chi connectivity index (χ0n) is 21.8. The lowest BCUT2D eigenvalue weighted by molar-refractivity contribution is -0.136. The molecule has 8 nitrogen and oxygen atoms in total. The number of imide groups is 1. The van der Waals surface area contributed by atoms with Crippen LogP contribution in [0.4, 0.5) is 0 Å². The second kappa shape index (κ2) is 10.3. The van der Waals surface area contributed by atoms with E-state index in [-0.39, 0.29) is 18.2 Å². The van der Waals surface area contributed by atoms with Crippen LogP contribution < -0.4 is 10.1 Å². The molecule has 3 aromatic rings. The first-order chi connectivity index (χ1) is 18.5. The minimum atomic E-state index is -0.606. The number of rotatable bonds is 7. The quantitative estimate of drug-likeness (QED) is 0.484. The second-order valence-corrected chi connectivity index (χ2v) is 10.6. The van der Waals surface area contributed by atoms with Gasteiger partial charge in [-0.25, -0.2) is 0 Å². The van der Waals surface area contributed by atoms with Crippen LogP contribution in [0.3, 0.4) is 0 Å². The third-order valence-corrected chi connectivity index (χ3v) is 8.27. The summed E-state index contributed by atoms with van der Waals surface area (Å²) in [5, 5.41) is 3.64. The van der Waals surface area contributed by atoms with E-state index in [1.54, 1.807) is 11.0 Å². The Labute approximate surface area is 222 Å². The monoisotopic (exact) mass is 514 g/mol. The maximum atomic E-state index is 13.0. The highest BCUT2D eigenvalue weighted by Gasteiger charge is 2.39. The average Bonchev–Trinajstić information content (AvgIpc) is 3.49. The fourth-order valence-corrected chi connectivity index (χ4v) is 6.24. The molecule has 3 aliphatic rings. The van der Waals surface area contributed by atoms with Gasteiger partial charge in [0.05, 0.1) is 5.52 Å². The lowest BCUT2D eigenvalue weighted by atomic mass is 10.0. The number of carbonyl (C=O) groups excluding carboxylic acids is 3. The summed E-state index contributed by atoms with van der Waals surface area (Å²) in [6.07, 6.45) is 6.27. The molecule has 3 amide bonds. The first kappa shape index (κ1) is 24.7. The van der Waals surface area contributed by atoms with Crippen LogP contribution in [0.1, 0.15) is 60.5 Å². The zero-order chi connectivity index (χ0) is 26.2. The molecule has 1 aromatic heterocycles. The Bertz CT molecular complexity index is 1400. The minimum absolute atomic E-state index is 0.162. The topological polar surface area (TPSA) is 83.9 Å². The maximum absolute atomic E-state index is 13.0. The summed E-state index contributed by atoms with van der Waals surface area (Å²) in [5.41, 5.74) is 4.15. The molecule has 0 spiro atoms. The summed E-state index contributed by atoms with van der Waals surface area (Å²) in [7, 11) is 0. The predicted molar refractivity (Wildman–Crippen MR) is 144 cm³/mol. The number of nitrogens with one attached hydrogen (secondary N) is 1. The van der Waals surface area contributed by atoms with E-state index in [1.807, 2.05) is 12.1 Å². The van der Waals surface area contributed by atoms with E-state index in [4.69, 9.17) is 4.74 Å². The van der Waals surface area contributed by atoms with Gasteiger partial charge in [0, 0.05) is 43.9 Å². The molecular weight excluding hydrogens is 480 g/mol. The van der Waals surface area contributed by atoms with Crippen LogP contribution >= 0.6 is 0 Å². The number of nitrogens with zero attached hydrogens (tertiary/aromatic N) is 3. The molecule has 38 heavy (non-hydrogen) atoms. The third-order valence-electron chi connectivity index (χ3n) is 8.27. The number of para-hydroxylation sites is 1. The fraction of sp³-hybridized carbons (Fsp3) is 0.433. The first-order valence-electron chi connectivity index (χ1n) is 13.7. The molecule has 2 saturated heterocycles. The van der Waals surface area contributed by atoms with Gasteiger partial charge >= 0.3 is 0 Å². The highest BCUT2D eigenvalue weighted by molar-refractivity contribution is 6.05. The number of amides is 3. The fourth-order valence-electron chi connectivity index (χ4n) is 6.24. The number of hydrogen-bond acceptors (Lipinski definition) is 5. The van der Waals surface area contributed by atoms with Gasteiger partial charge in [0.1, 0.15) is 18.4 Å². The number of benzene rings is 2. The predicted octanol–water partition coefficient (Wildman–Crippen LogP) is 3.86. The van der Waals surface area contributed by atoms with Crippen molar-refractivity contribution in [3.05, 3.63) is 65.4 Å². The van der Waals surface area contributed by atoms with Gasteiger partial charge in [-0.3, -0.25) is 24.6 Å². The van der Waals surface area contributed by atoms with Crippen molar-refractivity contribution in [2.24, 2.45) is 0 Å². The number of carbonyl (C=O) groups is 3. The van der Waals surface area contributed by atoms with Crippen LogP contribution in [0, 0.1) is 0 Å². The van der Waals surface area contributed by atoms with Crippen molar-refractivity contribution < 1.29 is 19.1 Å². The minimum Gasteiger partial charge on any atom is -0.492 e. The molecule has 4 heterocycles. The van der Waals surface area contributed by atoms with E-state index in [0.717, 1.165) is 37.4 Å². The van der Waals surface area contributed by atoms with Gasteiger partial charge in [0.25, 0.3) is 5.91 Å². The van der Waals surface area contributed by atoms with Crippen LogP contribution in [0.5, 0.6) is 5.75 Å². The van der Waals surface area contributed by atoms with Crippen molar-refractivity contribution in [2.75, 3.05) is 13.2 Å². The Hall–Kier alpha value is -3.65. The molecule has 198 valence electrons. The summed E-state index contributed by atoms with van der Waals surface area (Å²) in [6, 6.07) is 14.1. The number of ether oxygens (including phenoxy) is 1. The van der Waals surface area contributed by atoms with Crippen LogP contribution in [-0.4, -0.2) is 57.3 Å². The van der Waals surface area contributed by atoms with Crippen molar-refractivity contribution in [1.29, 1.82) is 0 Å². The van der Waals surface area contributed by atoms with Crippen molar-refractivity contribution in [2.45, 2.75) is 70.7 Å². The molecule has 3 aliphatic heterocycles. The van der Waals surface area contributed by atoms with Crippen molar-refractivity contribution in [3.8, 4) is 5.75 Å². The van der Waals surface area contributed by atoms with Gasteiger partial charge in [-0.1, -0.05) is 24.6 Å². The van der Waals surface area contributed by atoms with Crippen molar-refractivity contribution in [3.63, 3.8) is 0 Å². The van der Waals surface area contributed by atoms with E-state index in [2.05, 4.69) is 52.2 Å². The Morgan fingerprint density at radius 2 is 1.95 bits per heavy atom. The molecule has 8 heteroatoms. The average molecular weight is 515 g/mol. The van der Waals surface area contributed by atoms with E-state index < -0.39 is 11.9 Å². The lowest BCUT2D eigenvalue weighted by Gasteiger charge is -2.35.